The van der Waals surface area contributed by atoms with Crippen LogP contribution in [0.5, 0.6) is 0 Å². The van der Waals surface area contributed by atoms with Gasteiger partial charge in [0, 0.05) is 5.92 Å². The molecule has 1 saturated heterocycles. The van der Waals surface area contributed by atoms with Crippen LogP contribution in [0.25, 0.3) is 0 Å². The summed E-state index contributed by atoms with van der Waals surface area (Å²) < 4.78 is 10.9. The second-order valence-electron chi connectivity index (χ2n) is 4.30. The van der Waals surface area contributed by atoms with E-state index in [0.29, 0.717) is 19.1 Å². The van der Waals surface area contributed by atoms with Gasteiger partial charge in [-0.1, -0.05) is 37.3 Å². The molecule has 0 amide bonds. The van der Waals surface area contributed by atoms with Crippen LogP contribution >= 0.6 is 0 Å². The topological polar surface area (TPSA) is 42.0 Å². The Morgan fingerprint density at radius 1 is 1.38 bits per heavy atom. The van der Waals surface area contributed by atoms with Crippen molar-refractivity contribution in [3.8, 4) is 0 Å². The van der Waals surface area contributed by atoms with Gasteiger partial charge in [0.05, 0.1) is 25.9 Å². The standard InChI is InChI=1S/C13H18O3/c1-10(13-12(7-14)16-13)8-15-9-11-5-3-2-4-6-11/h2-6,10,12-14H,7-9H2,1H3/t10-,12-,13-/m1/s1. The quantitative estimate of drug-likeness (QED) is 0.743. The van der Waals surface area contributed by atoms with Crippen molar-refractivity contribution in [3.05, 3.63) is 35.9 Å². The Kier molecular flexibility index (Phi) is 3.93. The summed E-state index contributed by atoms with van der Waals surface area (Å²) in [7, 11) is 0. The molecule has 0 aromatic heterocycles. The van der Waals surface area contributed by atoms with Crippen molar-refractivity contribution < 1.29 is 14.6 Å². The first-order valence-electron chi connectivity index (χ1n) is 5.69. The van der Waals surface area contributed by atoms with Gasteiger partial charge in [0.2, 0.25) is 0 Å². The molecule has 0 radical (unpaired) electrons. The fourth-order valence-electron chi connectivity index (χ4n) is 1.84. The fourth-order valence-corrected chi connectivity index (χ4v) is 1.84. The number of aliphatic hydroxyl groups is 1. The Balaban J connectivity index is 1.65. The van der Waals surface area contributed by atoms with Crippen LogP contribution in [0.1, 0.15) is 12.5 Å². The molecule has 16 heavy (non-hydrogen) atoms. The van der Waals surface area contributed by atoms with E-state index < -0.39 is 0 Å². The van der Waals surface area contributed by atoms with Crippen molar-refractivity contribution in [2.24, 2.45) is 5.92 Å². The average Bonchev–Trinajstić information content (AvgIpc) is 3.09. The number of hydrogen-bond donors (Lipinski definition) is 1. The molecule has 0 aliphatic carbocycles. The first-order chi connectivity index (χ1) is 7.81. The number of ether oxygens (including phenoxy) is 2. The van der Waals surface area contributed by atoms with Gasteiger partial charge >= 0.3 is 0 Å². The molecule has 1 aliphatic rings. The van der Waals surface area contributed by atoms with Crippen LogP contribution in [-0.4, -0.2) is 30.5 Å². The molecule has 1 aromatic carbocycles. The van der Waals surface area contributed by atoms with E-state index in [9.17, 15) is 0 Å². The first kappa shape index (κ1) is 11.6. The smallest absolute Gasteiger partial charge is 0.108 e. The van der Waals surface area contributed by atoms with Crippen LogP contribution in [0.2, 0.25) is 0 Å². The molecule has 1 aromatic rings. The van der Waals surface area contributed by atoms with Gasteiger partial charge in [0.1, 0.15) is 6.10 Å². The van der Waals surface area contributed by atoms with Crippen LogP contribution in [0.4, 0.5) is 0 Å². The maximum absolute atomic E-state index is 8.86. The zero-order valence-corrected chi connectivity index (χ0v) is 9.50. The lowest BCUT2D eigenvalue weighted by Crippen LogP contribution is -2.15. The van der Waals surface area contributed by atoms with E-state index in [1.165, 1.54) is 5.56 Å². The van der Waals surface area contributed by atoms with E-state index in [2.05, 4.69) is 19.1 Å². The Bertz CT molecular complexity index is 312. The van der Waals surface area contributed by atoms with Gasteiger partial charge in [0.15, 0.2) is 0 Å². The van der Waals surface area contributed by atoms with Crippen molar-refractivity contribution in [2.45, 2.75) is 25.7 Å². The molecule has 0 saturated carbocycles. The minimum absolute atomic E-state index is 0.0373. The van der Waals surface area contributed by atoms with Gasteiger partial charge in [-0.05, 0) is 5.56 Å². The predicted octanol–water partition coefficient (Wildman–Crippen LogP) is 1.60. The summed E-state index contributed by atoms with van der Waals surface area (Å²) in [6, 6.07) is 10.1. The third kappa shape index (κ3) is 3.04. The zero-order chi connectivity index (χ0) is 11.4. The van der Waals surface area contributed by atoms with Crippen molar-refractivity contribution >= 4 is 0 Å². The number of hydrogen-bond acceptors (Lipinski definition) is 3. The van der Waals surface area contributed by atoms with Gasteiger partial charge in [-0.3, -0.25) is 0 Å². The fraction of sp³-hybridized carbons (Fsp3) is 0.538. The monoisotopic (exact) mass is 222 g/mol. The van der Waals surface area contributed by atoms with Crippen molar-refractivity contribution in [1.29, 1.82) is 0 Å². The normalized spacial score (nSPS) is 25.4. The van der Waals surface area contributed by atoms with Crippen LogP contribution < -0.4 is 0 Å². The van der Waals surface area contributed by atoms with Gasteiger partial charge in [0.25, 0.3) is 0 Å². The van der Waals surface area contributed by atoms with Crippen LogP contribution in [0, 0.1) is 5.92 Å². The molecule has 0 unspecified atom stereocenters. The minimum Gasteiger partial charge on any atom is -0.394 e. The van der Waals surface area contributed by atoms with Gasteiger partial charge in [-0.2, -0.15) is 0 Å². The third-order valence-electron chi connectivity index (χ3n) is 2.85. The van der Waals surface area contributed by atoms with E-state index in [0.717, 1.165) is 0 Å². The van der Waals surface area contributed by atoms with Crippen LogP contribution in [0.15, 0.2) is 30.3 Å². The molecule has 1 aliphatic heterocycles. The summed E-state index contributed by atoms with van der Waals surface area (Å²) in [4.78, 5) is 0. The van der Waals surface area contributed by atoms with Gasteiger partial charge in [-0.15, -0.1) is 0 Å². The molecule has 1 fully saturated rings. The summed E-state index contributed by atoms with van der Waals surface area (Å²) in [6.07, 6.45) is 0.219. The third-order valence-corrected chi connectivity index (χ3v) is 2.85. The minimum atomic E-state index is 0.0373. The molecular weight excluding hydrogens is 204 g/mol. The summed E-state index contributed by atoms with van der Waals surface area (Å²) in [5.41, 5.74) is 1.19. The Labute approximate surface area is 96.0 Å². The number of epoxide rings is 1. The van der Waals surface area contributed by atoms with E-state index in [1.807, 2.05) is 18.2 Å². The van der Waals surface area contributed by atoms with E-state index in [-0.39, 0.29) is 18.8 Å². The lowest BCUT2D eigenvalue weighted by atomic mass is 10.1. The van der Waals surface area contributed by atoms with Crippen molar-refractivity contribution in [3.63, 3.8) is 0 Å². The number of benzene rings is 1. The highest BCUT2D eigenvalue weighted by molar-refractivity contribution is 5.13. The van der Waals surface area contributed by atoms with Crippen molar-refractivity contribution in [1.82, 2.24) is 0 Å². The molecule has 2 rings (SSSR count). The Morgan fingerprint density at radius 3 is 2.75 bits per heavy atom. The molecule has 3 heteroatoms. The van der Waals surface area contributed by atoms with E-state index >= 15 is 0 Å². The van der Waals surface area contributed by atoms with E-state index in [4.69, 9.17) is 14.6 Å². The lowest BCUT2D eigenvalue weighted by molar-refractivity contribution is 0.0825. The van der Waals surface area contributed by atoms with Crippen LogP contribution in [0.3, 0.4) is 0 Å². The maximum Gasteiger partial charge on any atom is 0.108 e. The largest absolute Gasteiger partial charge is 0.394 e. The molecule has 3 nitrogen and oxygen atoms in total. The molecule has 0 bridgehead atoms. The summed E-state index contributed by atoms with van der Waals surface area (Å²) in [6.45, 7) is 3.52. The Morgan fingerprint density at radius 2 is 2.12 bits per heavy atom. The molecule has 3 atom stereocenters. The first-order valence-corrected chi connectivity index (χ1v) is 5.69. The molecule has 1 N–H and O–H groups in total. The van der Waals surface area contributed by atoms with Gasteiger partial charge in [-0.25, -0.2) is 0 Å². The van der Waals surface area contributed by atoms with Crippen LogP contribution in [-0.2, 0) is 16.1 Å². The molecule has 1 heterocycles. The number of aliphatic hydroxyl groups excluding tert-OH is 1. The van der Waals surface area contributed by atoms with Gasteiger partial charge < -0.3 is 14.6 Å². The SMILES string of the molecule is C[C@H](COCc1ccccc1)[C@H]1O[C@@H]1CO. The summed E-state index contributed by atoms with van der Waals surface area (Å²) >= 11 is 0. The van der Waals surface area contributed by atoms with E-state index in [1.54, 1.807) is 0 Å². The highest BCUT2D eigenvalue weighted by atomic mass is 16.6. The highest BCUT2D eigenvalue weighted by Crippen LogP contribution is 2.29. The highest BCUT2D eigenvalue weighted by Gasteiger charge is 2.42. The average molecular weight is 222 g/mol. The molecule has 88 valence electrons. The summed E-state index contributed by atoms with van der Waals surface area (Å²) in [5.74, 6) is 0.348. The maximum atomic E-state index is 8.86. The Hall–Kier alpha value is -0.900. The molecular formula is C13H18O3. The number of rotatable bonds is 6. The second-order valence-corrected chi connectivity index (χ2v) is 4.30. The molecule has 0 spiro atoms. The van der Waals surface area contributed by atoms with Crippen molar-refractivity contribution in [2.75, 3.05) is 13.2 Å². The predicted molar refractivity (Wildman–Crippen MR) is 61.0 cm³/mol. The lowest BCUT2D eigenvalue weighted by Gasteiger charge is -2.09. The second kappa shape index (κ2) is 5.43. The zero-order valence-electron chi connectivity index (χ0n) is 9.50. The summed E-state index contributed by atoms with van der Waals surface area (Å²) in [5, 5.41) is 8.86.